The van der Waals surface area contributed by atoms with E-state index >= 15 is 0 Å². The minimum Gasteiger partial charge on any atom is -0.453 e. The van der Waals surface area contributed by atoms with Crippen LogP contribution in [-0.4, -0.2) is 28.9 Å². The van der Waals surface area contributed by atoms with Gasteiger partial charge in [0.15, 0.2) is 17.5 Å². The molecule has 0 aliphatic heterocycles. The second kappa shape index (κ2) is 9.67. The van der Waals surface area contributed by atoms with Gasteiger partial charge in [-0.2, -0.15) is 11.3 Å². The second-order valence-electron chi connectivity index (χ2n) is 6.21. The number of thiophene rings is 1. The number of benzene rings is 1. The van der Waals surface area contributed by atoms with Crippen molar-refractivity contribution in [3.8, 4) is 0 Å². The fourth-order valence-electron chi connectivity index (χ4n) is 2.55. The maximum absolute atomic E-state index is 14.0. The number of methoxy groups -OCH3 is 1. The number of ether oxygens (including phenoxy) is 1. The highest BCUT2D eigenvalue weighted by molar-refractivity contribution is 7.08. The third-order valence-electron chi connectivity index (χ3n) is 4.12. The van der Waals surface area contributed by atoms with Crippen LogP contribution in [0.15, 0.2) is 52.2 Å². The minimum atomic E-state index is -0.765. The lowest BCUT2D eigenvalue weighted by Gasteiger charge is -2.11. The van der Waals surface area contributed by atoms with Gasteiger partial charge in [-0.3, -0.25) is 10.3 Å². The van der Waals surface area contributed by atoms with Crippen LogP contribution in [0, 0.1) is 5.82 Å². The first-order valence-corrected chi connectivity index (χ1v) is 9.89. The van der Waals surface area contributed by atoms with Crippen LogP contribution in [0.2, 0.25) is 0 Å². The summed E-state index contributed by atoms with van der Waals surface area (Å²) in [6.45, 7) is 0.120. The topological polar surface area (TPSA) is 155 Å². The predicted octanol–water partition coefficient (Wildman–Crippen LogP) is 3.01. The van der Waals surface area contributed by atoms with E-state index in [0.29, 0.717) is 11.3 Å². The van der Waals surface area contributed by atoms with Gasteiger partial charge in [0.05, 0.1) is 25.1 Å². The first-order valence-electron chi connectivity index (χ1n) is 8.95. The summed E-state index contributed by atoms with van der Waals surface area (Å²) in [6.07, 6.45) is 0.795. The number of aromatic nitrogens is 2. The molecule has 2 heterocycles. The fourth-order valence-corrected chi connectivity index (χ4v) is 3.20. The van der Waals surface area contributed by atoms with E-state index in [2.05, 4.69) is 25.0 Å². The van der Waals surface area contributed by atoms with Gasteiger partial charge in [0.25, 0.3) is 0 Å². The largest absolute Gasteiger partial charge is 0.453 e. The number of carbonyl (C=O) groups excluding carboxylic acids is 1. The van der Waals surface area contributed by atoms with E-state index in [1.54, 1.807) is 24.3 Å². The van der Waals surface area contributed by atoms with Crippen LogP contribution in [0.4, 0.5) is 26.5 Å². The van der Waals surface area contributed by atoms with Gasteiger partial charge in [-0.05, 0) is 23.6 Å². The number of hydrogen-bond acceptors (Lipinski definition) is 9. The summed E-state index contributed by atoms with van der Waals surface area (Å²) in [5.74, 6) is -0.445. The third-order valence-corrected chi connectivity index (χ3v) is 4.81. The van der Waals surface area contributed by atoms with E-state index in [-0.39, 0.29) is 41.2 Å². The second-order valence-corrected chi connectivity index (χ2v) is 6.99. The maximum Gasteiger partial charge on any atom is 0.411 e. The van der Waals surface area contributed by atoms with E-state index < -0.39 is 6.09 Å². The summed E-state index contributed by atoms with van der Waals surface area (Å²) < 4.78 is 18.5. The standard InChI is InChI=1S/C20H20FN7O2S/c1-30-20(29)26-16-17(23)27-19(28-18(16)24)14(22)8-15(12-6-7-31-10-12)25-9-11-4-2-3-5-13(11)21/h2-8,10H,9,22H2,1H3,(H,26,29)(H4,23,24,27,28). The van der Waals surface area contributed by atoms with Gasteiger partial charge in [-0.15, -0.1) is 0 Å². The number of nitrogens with two attached hydrogens (primary N) is 3. The molecule has 0 unspecified atom stereocenters. The van der Waals surface area contributed by atoms with Crippen LogP contribution >= 0.6 is 11.3 Å². The zero-order valence-electron chi connectivity index (χ0n) is 16.5. The van der Waals surface area contributed by atoms with E-state index in [9.17, 15) is 9.18 Å². The van der Waals surface area contributed by atoms with Crippen molar-refractivity contribution < 1.29 is 13.9 Å². The number of carbonyl (C=O) groups is 1. The molecule has 7 N–H and O–H groups in total. The summed E-state index contributed by atoms with van der Waals surface area (Å²) in [4.78, 5) is 24.1. The van der Waals surface area contributed by atoms with Crippen LogP contribution in [0.1, 0.15) is 17.0 Å². The Kier molecular flexibility index (Phi) is 6.78. The number of anilines is 3. The molecule has 31 heavy (non-hydrogen) atoms. The molecule has 0 aliphatic rings. The fraction of sp³-hybridized carbons (Fsp3) is 0.100. The van der Waals surface area contributed by atoms with Crippen LogP contribution in [0.5, 0.6) is 0 Å². The Balaban J connectivity index is 1.94. The average Bonchev–Trinajstić information content (AvgIpc) is 3.29. The number of halogens is 1. The molecule has 0 fully saturated rings. The maximum atomic E-state index is 14.0. The van der Waals surface area contributed by atoms with Crippen LogP contribution in [-0.2, 0) is 11.3 Å². The van der Waals surface area contributed by atoms with Crippen molar-refractivity contribution in [2.45, 2.75) is 6.54 Å². The summed E-state index contributed by atoms with van der Waals surface area (Å²) >= 11 is 1.48. The first-order chi connectivity index (χ1) is 14.9. The summed E-state index contributed by atoms with van der Waals surface area (Å²) in [5.41, 5.74) is 19.9. The molecule has 0 saturated carbocycles. The number of nitrogens with one attached hydrogen (secondary N) is 1. The average molecular weight is 441 g/mol. The smallest absolute Gasteiger partial charge is 0.411 e. The highest BCUT2D eigenvalue weighted by Crippen LogP contribution is 2.24. The van der Waals surface area contributed by atoms with E-state index in [1.165, 1.54) is 24.5 Å². The number of allylic oxidation sites excluding steroid dienone is 1. The lowest BCUT2D eigenvalue weighted by atomic mass is 10.1. The summed E-state index contributed by atoms with van der Waals surface area (Å²) in [6, 6.07) is 8.26. The number of amides is 1. The lowest BCUT2D eigenvalue weighted by Crippen LogP contribution is -2.17. The molecule has 0 atom stereocenters. The van der Waals surface area contributed by atoms with Gasteiger partial charge in [0.2, 0.25) is 0 Å². The van der Waals surface area contributed by atoms with E-state index in [4.69, 9.17) is 17.2 Å². The Hall–Kier alpha value is -3.99. The number of hydrogen-bond donors (Lipinski definition) is 4. The van der Waals surface area contributed by atoms with Crippen LogP contribution < -0.4 is 22.5 Å². The Morgan fingerprint density at radius 3 is 2.58 bits per heavy atom. The molecule has 160 valence electrons. The quantitative estimate of drug-likeness (QED) is 0.429. The molecule has 0 saturated heterocycles. The SMILES string of the molecule is COC(=O)Nc1c(N)nc(C(N)=CC(=NCc2ccccc2F)c2ccsc2)nc1N. The predicted molar refractivity (Wildman–Crippen MR) is 120 cm³/mol. The Labute approximate surface area is 181 Å². The molecule has 0 aliphatic carbocycles. The van der Waals surface area contributed by atoms with Gasteiger partial charge in [0.1, 0.15) is 11.5 Å². The summed E-state index contributed by atoms with van der Waals surface area (Å²) in [5, 5.41) is 6.12. The van der Waals surface area contributed by atoms with Crippen molar-refractivity contribution >= 4 is 46.2 Å². The number of nitrogens with zero attached hydrogens (tertiary/aromatic N) is 3. The Bertz CT molecular complexity index is 1120. The molecule has 0 bridgehead atoms. The molecule has 9 nitrogen and oxygen atoms in total. The van der Waals surface area contributed by atoms with Crippen LogP contribution in [0.3, 0.4) is 0 Å². The molecular formula is C20H20FN7O2S. The highest BCUT2D eigenvalue weighted by atomic mass is 32.1. The number of nitrogen functional groups attached to an aromatic ring is 2. The van der Waals surface area contributed by atoms with Gasteiger partial charge in [0, 0.05) is 16.5 Å². The van der Waals surface area contributed by atoms with Crippen molar-refractivity contribution in [3.05, 3.63) is 69.9 Å². The van der Waals surface area contributed by atoms with Gasteiger partial charge in [-0.1, -0.05) is 18.2 Å². The molecule has 11 heteroatoms. The number of rotatable bonds is 6. The lowest BCUT2D eigenvalue weighted by molar-refractivity contribution is 0.187. The zero-order valence-corrected chi connectivity index (χ0v) is 17.3. The summed E-state index contributed by atoms with van der Waals surface area (Å²) in [7, 11) is 1.20. The normalized spacial score (nSPS) is 11.9. The van der Waals surface area contributed by atoms with E-state index in [1.807, 2.05) is 16.8 Å². The molecule has 1 amide bonds. The van der Waals surface area contributed by atoms with Crippen molar-refractivity contribution in [2.75, 3.05) is 23.9 Å². The van der Waals surface area contributed by atoms with Crippen molar-refractivity contribution in [1.29, 1.82) is 0 Å². The molecule has 0 spiro atoms. The molecule has 1 aromatic carbocycles. The zero-order chi connectivity index (χ0) is 22.4. The molecule has 2 aromatic heterocycles. The minimum absolute atomic E-state index is 0.0228. The molecular weight excluding hydrogens is 421 g/mol. The molecule has 3 rings (SSSR count). The van der Waals surface area contributed by atoms with Gasteiger partial charge >= 0.3 is 6.09 Å². The van der Waals surface area contributed by atoms with Gasteiger partial charge < -0.3 is 21.9 Å². The third kappa shape index (κ3) is 5.34. The Morgan fingerprint density at radius 1 is 1.26 bits per heavy atom. The van der Waals surface area contributed by atoms with Gasteiger partial charge in [-0.25, -0.2) is 19.2 Å². The highest BCUT2D eigenvalue weighted by Gasteiger charge is 2.15. The van der Waals surface area contributed by atoms with Crippen molar-refractivity contribution in [2.24, 2.45) is 10.7 Å². The number of aliphatic imine (C=N–C) groups is 1. The van der Waals surface area contributed by atoms with Crippen molar-refractivity contribution in [1.82, 2.24) is 9.97 Å². The van der Waals surface area contributed by atoms with Crippen LogP contribution in [0.25, 0.3) is 5.70 Å². The van der Waals surface area contributed by atoms with E-state index in [0.717, 1.165) is 5.56 Å². The first kappa shape index (κ1) is 21.7. The molecule has 3 aromatic rings. The Morgan fingerprint density at radius 2 is 1.97 bits per heavy atom. The monoisotopic (exact) mass is 441 g/mol. The molecule has 0 radical (unpaired) electrons. The van der Waals surface area contributed by atoms with Crippen molar-refractivity contribution in [3.63, 3.8) is 0 Å².